The van der Waals surface area contributed by atoms with Crippen LogP contribution in [-0.2, 0) is 10.0 Å². The van der Waals surface area contributed by atoms with E-state index in [4.69, 9.17) is 5.11 Å². The number of nitrogens with one attached hydrogen (secondary N) is 2. The number of nitro benzene ring substituents is 1. The van der Waals surface area contributed by atoms with Crippen LogP contribution in [0, 0.1) is 10.1 Å². The Morgan fingerprint density at radius 1 is 1.32 bits per heavy atom. The second-order valence-electron chi connectivity index (χ2n) is 4.88. The average molecular weight is 331 g/mol. The van der Waals surface area contributed by atoms with E-state index in [0.717, 1.165) is 12.5 Å². The molecule has 0 fully saturated rings. The van der Waals surface area contributed by atoms with Crippen molar-refractivity contribution in [3.05, 3.63) is 34.4 Å². The van der Waals surface area contributed by atoms with Gasteiger partial charge in [0.1, 0.15) is 0 Å². The number of sulfonamides is 1. The zero-order chi connectivity index (χ0) is 16.6. The maximum Gasteiger partial charge on any atom is 0.289 e. The first-order valence-electron chi connectivity index (χ1n) is 6.96. The highest BCUT2D eigenvalue weighted by Crippen LogP contribution is 2.22. The molecule has 1 rings (SSSR count). The second-order valence-corrected chi connectivity index (χ2v) is 6.56. The minimum absolute atomic E-state index is 0.127. The average Bonchev–Trinajstić information content (AvgIpc) is 2.46. The molecule has 0 spiro atoms. The van der Waals surface area contributed by atoms with E-state index in [-0.39, 0.29) is 11.5 Å². The smallest absolute Gasteiger partial charge is 0.289 e. The van der Waals surface area contributed by atoms with Gasteiger partial charge in [-0.1, -0.05) is 12.1 Å². The molecule has 0 bridgehead atoms. The van der Waals surface area contributed by atoms with Crippen LogP contribution in [0.3, 0.4) is 0 Å². The number of hydrogen-bond donors (Lipinski definition) is 3. The van der Waals surface area contributed by atoms with E-state index < -0.39 is 26.7 Å². The summed E-state index contributed by atoms with van der Waals surface area (Å²) in [7, 11) is -3.95. The van der Waals surface area contributed by atoms with Gasteiger partial charge in [-0.05, 0) is 32.4 Å². The Hall–Kier alpha value is -1.55. The summed E-state index contributed by atoms with van der Waals surface area (Å²) < 4.78 is 26.9. The molecule has 9 heteroatoms. The van der Waals surface area contributed by atoms with Crippen molar-refractivity contribution in [2.75, 3.05) is 19.7 Å². The van der Waals surface area contributed by atoms with Crippen LogP contribution in [-0.4, -0.2) is 44.2 Å². The quantitative estimate of drug-likeness (QED) is 0.328. The molecule has 0 aliphatic rings. The molecule has 0 aliphatic carbocycles. The number of nitro groups is 1. The SMILES string of the molecule is CC(CNCCCCO)NS(=O)(=O)c1ccccc1[N+](=O)[O-]. The zero-order valence-corrected chi connectivity index (χ0v) is 13.2. The number of rotatable bonds is 10. The molecule has 0 aliphatic heterocycles. The van der Waals surface area contributed by atoms with E-state index in [0.29, 0.717) is 19.5 Å². The first-order chi connectivity index (χ1) is 10.4. The molecule has 1 atom stereocenters. The highest BCUT2D eigenvalue weighted by Gasteiger charge is 2.26. The Morgan fingerprint density at radius 3 is 2.64 bits per heavy atom. The molecular weight excluding hydrogens is 310 g/mol. The van der Waals surface area contributed by atoms with Gasteiger partial charge < -0.3 is 10.4 Å². The Kier molecular flexibility index (Phi) is 7.39. The summed E-state index contributed by atoms with van der Waals surface area (Å²) in [4.78, 5) is 9.85. The van der Waals surface area contributed by atoms with E-state index in [1.165, 1.54) is 18.2 Å². The molecule has 0 aromatic heterocycles. The Labute approximate surface area is 129 Å². The lowest BCUT2D eigenvalue weighted by molar-refractivity contribution is -0.387. The summed E-state index contributed by atoms with van der Waals surface area (Å²) in [6.07, 6.45) is 1.48. The summed E-state index contributed by atoms with van der Waals surface area (Å²) in [5.41, 5.74) is -0.446. The molecule has 22 heavy (non-hydrogen) atoms. The number of benzene rings is 1. The van der Waals surface area contributed by atoms with Crippen LogP contribution < -0.4 is 10.0 Å². The van der Waals surface area contributed by atoms with Crippen LogP contribution >= 0.6 is 0 Å². The predicted octanol–water partition coefficient (Wildman–Crippen LogP) is 0.624. The lowest BCUT2D eigenvalue weighted by Gasteiger charge is -2.15. The van der Waals surface area contributed by atoms with Crippen molar-refractivity contribution in [3.8, 4) is 0 Å². The molecule has 0 heterocycles. The second kappa shape index (κ2) is 8.79. The van der Waals surface area contributed by atoms with Crippen LogP contribution in [0.15, 0.2) is 29.2 Å². The summed E-state index contributed by atoms with van der Waals surface area (Å²) in [6, 6.07) is 4.82. The fourth-order valence-electron chi connectivity index (χ4n) is 1.89. The van der Waals surface area contributed by atoms with Gasteiger partial charge in [0.05, 0.1) is 4.92 Å². The number of aliphatic hydroxyl groups excluding tert-OH is 1. The topological polar surface area (TPSA) is 122 Å². The van der Waals surface area contributed by atoms with E-state index in [1.54, 1.807) is 6.92 Å². The van der Waals surface area contributed by atoms with E-state index >= 15 is 0 Å². The third kappa shape index (κ3) is 5.68. The predicted molar refractivity (Wildman–Crippen MR) is 82.1 cm³/mol. The number of unbranched alkanes of at least 4 members (excludes halogenated alkanes) is 1. The zero-order valence-electron chi connectivity index (χ0n) is 12.4. The molecule has 1 aromatic carbocycles. The Bertz CT molecular complexity index is 591. The molecule has 0 amide bonds. The largest absolute Gasteiger partial charge is 0.396 e. The monoisotopic (exact) mass is 331 g/mol. The normalized spacial score (nSPS) is 13.0. The Morgan fingerprint density at radius 2 is 2.00 bits per heavy atom. The number of nitrogens with zero attached hydrogens (tertiary/aromatic N) is 1. The van der Waals surface area contributed by atoms with Crippen LogP contribution in [0.1, 0.15) is 19.8 Å². The molecule has 0 saturated heterocycles. The fourth-order valence-corrected chi connectivity index (χ4v) is 3.30. The minimum atomic E-state index is -3.95. The van der Waals surface area contributed by atoms with Gasteiger partial charge in [-0.25, -0.2) is 13.1 Å². The lowest BCUT2D eigenvalue weighted by Crippen LogP contribution is -2.40. The van der Waals surface area contributed by atoms with Gasteiger partial charge in [0.15, 0.2) is 4.90 Å². The molecule has 0 saturated carbocycles. The Balaban J connectivity index is 2.66. The van der Waals surface area contributed by atoms with Crippen molar-refractivity contribution in [1.29, 1.82) is 0 Å². The lowest BCUT2D eigenvalue weighted by atomic mass is 10.3. The first kappa shape index (κ1) is 18.5. The van der Waals surface area contributed by atoms with Crippen molar-refractivity contribution >= 4 is 15.7 Å². The summed E-state index contributed by atoms with van der Waals surface area (Å²) >= 11 is 0. The van der Waals surface area contributed by atoms with Gasteiger partial charge in [0, 0.05) is 25.3 Å². The van der Waals surface area contributed by atoms with E-state index in [1.807, 2.05) is 0 Å². The van der Waals surface area contributed by atoms with E-state index in [9.17, 15) is 18.5 Å². The number of hydrogen-bond acceptors (Lipinski definition) is 6. The molecule has 3 N–H and O–H groups in total. The maximum atomic E-state index is 12.2. The highest BCUT2D eigenvalue weighted by molar-refractivity contribution is 7.89. The molecule has 0 radical (unpaired) electrons. The van der Waals surface area contributed by atoms with Crippen molar-refractivity contribution in [1.82, 2.24) is 10.0 Å². The minimum Gasteiger partial charge on any atom is -0.396 e. The van der Waals surface area contributed by atoms with Gasteiger partial charge in [-0.15, -0.1) is 0 Å². The van der Waals surface area contributed by atoms with E-state index in [2.05, 4.69) is 10.0 Å². The van der Waals surface area contributed by atoms with Crippen LogP contribution in [0.2, 0.25) is 0 Å². The molecule has 1 aromatic rings. The fraction of sp³-hybridized carbons (Fsp3) is 0.538. The number of aliphatic hydroxyl groups is 1. The molecule has 8 nitrogen and oxygen atoms in total. The van der Waals surface area contributed by atoms with Crippen molar-refractivity contribution in [2.45, 2.75) is 30.7 Å². The third-order valence-corrected chi connectivity index (χ3v) is 4.56. The third-order valence-electron chi connectivity index (χ3n) is 2.92. The highest BCUT2D eigenvalue weighted by atomic mass is 32.2. The first-order valence-corrected chi connectivity index (χ1v) is 8.44. The van der Waals surface area contributed by atoms with Crippen molar-refractivity contribution in [3.63, 3.8) is 0 Å². The number of para-hydroxylation sites is 1. The van der Waals surface area contributed by atoms with Crippen LogP contribution in [0.5, 0.6) is 0 Å². The summed E-state index contributed by atoms with van der Waals surface area (Å²) in [6.45, 7) is 2.86. The molecule has 124 valence electrons. The van der Waals surface area contributed by atoms with Gasteiger partial charge >= 0.3 is 0 Å². The standard InChI is InChI=1S/C13H21N3O5S/c1-11(10-14-8-4-5-9-17)15-22(20,21)13-7-3-2-6-12(13)16(18)19/h2-3,6-7,11,14-15,17H,4-5,8-10H2,1H3. The van der Waals surface area contributed by atoms with Gasteiger partial charge in [0.25, 0.3) is 5.69 Å². The summed E-state index contributed by atoms with van der Waals surface area (Å²) in [5, 5.41) is 22.6. The van der Waals surface area contributed by atoms with Gasteiger partial charge in [-0.2, -0.15) is 0 Å². The maximum absolute atomic E-state index is 12.2. The molecule has 1 unspecified atom stereocenters. The van der Waals surface area contributed by atoms with Crippen molar-refractivity contribution < 1.29 is 18.4 Å². The molecular formula is C13H21N3O5S. The summed E-state index contributed by atoms with van der Waals surface area (Å²) in [5.74, 6) is 0. The van der Waals surface area contributed by atoms with Gasteiger partial charge in [-0.3, -0.25) is 10.1 Å². The van der Waals surface area contributed by atoms with Crippen LogP contribution in [0.4, 0.5) is 5.69 Å². The van der Waals surface area contributed by atoms with Crippen molar-refractivity contribution in [2.24, 2.45) is 0 Å². The van der Waals surface area contributed by atoms with Crippen LogP contribution in [0.25, 0.3) is 0 Å². The van der Waals surface area contributed by atoms with Gasteiger partial charge in [0.2, 0.25) is 10.0 Å².